The van der Waals surface area contributed by atoms with Crippen molar-refractivity contribution in [2.24, 2.45) is 0 Å². The number of amides is 2. The summed E-state index contributed by atoms with van der Waals surface area (Å²) in [4.78, 5) is 27.0. The van der Waals surface area contributed by atoms with Crippen LogP contribution in [0.1, 0.15) is 44.0 Å². The Labute approximate surface area is 180 Å². The lowest BCUT2D eigenvalue weighted by Crippen LogP contribution is -2.26. The third-order valence-electron chi connectivity index (χ3n) is 4.96. The average molecular weight is 431 g/mol. The molecule has 160 valence electrons. The standard InChI is InChI=1S/C22H26N2O5S/c1-5-10-23-21(26)18-14-8-6-7-9-17(14)30-22(18)24-20(25)13-11-15(27-2)19(29-4)16(12-13)28-3/h5,11-12H,1,6-10H2,2-4H3,(H,23,26)(H,24,25). The highest BCUT2D eigenvalue weighted by Crippen LogP contribution is 2.40. The summed E-state index contributed by atoms with van der Waals surface area (Å²) in [7, 11) is 4.49. The summed E-state index contributed by atoms with van der Waals surface area (Å²) in [5.41, 5.74) is 1.93. The lowest BCUT2D eigenvalue weighted by molar-refractivity contribution is 0.0958. The minimum Gasteiger partial charge on any atom is -0.493 e. The van der Waals surface area contributed by atoms with Gasteiger partial charge in [-0.15, -0.1) is 17.9 Å². The molecule has 1 aliphatic rings. The van der Waals surface area contributed by atoms with Gasteiger partial charge in [0.25, 0.3) is 11.8 Å². The van der Waals surface area contributed by atoms with Gasteiger partial charge in [-0.2, -0.15) is 0 Å². The minimum atomic E-state index is -0.356. The second-order valence-electron chi connectivity index (χ2n) is 6.78. The van der Waals surface area contributed by atoms with E-state index < -0.39 is 0 Å². The molecule has 0 saturated carbocycles. The van der Waals surface area contributed by atoms with E-state index in [0.29, 0.717) is 39.9 Å². The van der Waals surface area contributed by atoms with Gasteiger partial charge in [0.1, 0.15) is 5.00 Å². The molecule has 1 aliphatic carbocycles. The van der Waals surface area contributed by atoms with Gasteiger partial charge < -0.3 is 24.8 Å². The van der Waals surface area contributed by atoms with Crippen LogP contribution in [-0.4, -0.2) is 39.7 Å². The third-order valence-corrected chi connectivity index (χ3v) is 6.17. The van der Waals surface area contributed by atoms with E-state index >= 15 is 0 Å². The first-order chi connectivity index (χ1) is 14.5. The van der Waals surface area contributed by atoms with Gasteiger partial charge in [0.05, 0.1) is 26.9 Å². The fraction of sp³-hybridized carbons (Fsp3) is 0.364. The molecule has 2 N–H and O–H groups in total. The van der Waals surface area contributed by atoms with Crippen molar-refractivity contribution >= 4 is 28.2 Å². The molecule has 0 unspecified atom stereocenters. The molecule has 1 aromatic carbocycles. The van der Waals surface area contributed by atoms with Crippen molar-refractivity contribution in [2.75, 3.05) is 33.2 Å². The van der Waals surface area contributed by atoms with Gasteiger partial charge in [-0.1, -0.05) is 6.08 Å². The summed E-state index contributed by atoms with van der Waals surface area (Å²) in [6.45, 7) is 4.01. The van der Waals surface area contributed by atoms with Gasteiger partial charge in [0, 0.05) is 17.0 Å². The SMILES string of the molecule is C=CCNC(=O)c1c(NC(=O)c2cc(OC)c(OC)c(OC)c2)sc2c1CCCC2. The second-order valence-corrected chi connectivity index (χ2v) is 7.89. The summed E-state index contributed by atoms with van der Waals surface area (Å²) in [5, 5.41) is 6.31. The molecule has 0 spiro atoms. The van der Waals surface area contributed by atoms with Gasteiger partial charge in [0.15, 0.2) is 11.5 Å². The van der Waals surface area contributed by atoms with E-state index in [1.165, 1.54) is 32.7 Å². The topological polar surface area (TPSA) is 85.9 Å². The van der Waals surface area contributed by atoms with Crippen LogP contribution in [0.4, 0.5) is 5.00 Å². The molecule has 2 amide bonds. The highest BCUT2D eigenvalue weighted by atomic mass is 32.1. The summed E-state index contributed by atoms with van der Waals surface area (Å²) in [5.74, 6) is 0.626. The fourth-order valence-electron chi connectivity index (χ4n) is 3.53. The van der Waals surface area contributed by atoms with Crippen molar-refractivity contribution in [3.8, 4) is 17.2 Å². The van der Waals surface area contributed by atoms with Crippen LogP contribution in [0.25, 0.3) is 0 Å². The number of methoxy groups -OCH3 is 3. The van der Waals surface area contributed by atoms with Crippen LogP contribution in [0.15, 0.2) is 24.8 Å². The molecule has 2 aromatic rings. The maximum absolute atomic E-state index is 13.0. The molecule has 3 rings (SSSR count). The molecule has 0 bridgehead atoms. The van der Waals surface area contributed by atoms with E-state index in [-0.39, 0.29) is 11.8 Å². The second kappa shape index (κ2) is 9.67. The van der Waals surface area contributed by atoms with Crippen LogP contribution in [0.5, 0.6) is 17.2 Å². The zero-order valence-electron chi connectivity index (χ0n) is 17.4. The predicted molar refractivity (Wildman–Crippen MR) is 118 cm³/mol. The van der Waals surface area contributed by atoms with Crippen molar-refractivity contribution < 1.29 is 23.8 Å². The lowest BCUT2D eigenvalue weighted by atomic mass is 9.95. The molecule has 0 radical (unpaired) electrons. The van der Waals surface area contributed by atoms with Gasteiger partial charge in [-0.05, 0) is 43.4 Å². The van der Waals surface area contributed by atoms with E-state index in [2.05, 4.69) is 17.2 Å². The van der Waals surface area contributed by atoms with E-state index in [9.17, 15) is 9.59 Å². The van der Waals surface area contributed by atoms with Crippen molar-refractivity contribution in [3.63, 3.8) is 0 Å². The van der Waals surface area contributed by atoms with Crippen LogP contribution >= 0.6 is 11.3 Å². The Bertz CT molecular complexity index is 942. The van der Waals surface area contributed by atoms with Crippen LogP contribution in [-0.2, 0) is 12.8 Å². The Morgan fingerprint density at radius 3 is 2.33 bits per heavy atom. The Hall–Kier alpha value is -3.00. The zero-order chi connectivity index (χ0) is 21.7. The van der Waals surface area contributed by atoms with E-state index in [1.54, 1.807) is 18.2 Å². The van der Waals surface area contributed by atoms with Crippen LogP contribution in [0, 0.1) is 0 Å². The number of fused-ring (bicyclic) bond motifs is 1. The summed E-state index contributed by atoms with van der Waals surface area (Å²) >= 11 is 1.47. The molecule has 1 aromatic heterocycles. The molecular formula is C22H26N2O5S. The Balaban J connectivity index is 1.96. The Morgan fingerprint density at radius 1 is 1.07 bits per heavy atom. The largest absolute Gasteiger partial charge is 0.493 e. The first-order valence-corrected chi connectivity index (χ1v) is 10.5. The van der Waals surface area contributed by atoms with Gasteiger partial charge in [-0.25, -0.2) is 0 Å². The van der Waals surface area contributed by atoms with Crippen LogP contribution in [0.2, 0.25) is 0 Å². The maximum atomic E-state index is 13.0. The Morgan fingerprint density at radius 2 is 1.73 bits per heavy atom. The zero-order valence-corrected chi connectivity index (χ0v) is 18.2. The van der Waals surface area contributed by atoms with Crippen LogP contribution < -0.4 is 24.8 Å². The number of carbonyl (C=O) groups excluding carboxylic acids is 2. The van der Waals surface area contributed by atoms with Crippen molar-refractivity contribution in [2.45, 2.75) is 25.7 Å². The average Bonchev–Trinajstić information content (AvgIpc) is 3.13. The molecule has 7 nitrogen and oxygen atoms in total. The summed E-state index contributed by atoms with van der Waals surface area (Å²) < 4.78 is 16.0. The molecule has 0 fully saturated rings. The first kappa shape index (κ1) is 21.7. The monoisotopic (exact) mass is 430 g/mol. The van der Waals surface area contributed by atoms with Crippen molar-refractivity contribution in [3.05, 3.63) is 46.4 Å². The molecular weight excluding hydrogens is 404 g/mol. The highest BCUT2D eigenvalue weighted by Gasteiger charge is 2.27. The number of anilines is 1. The molecule has 30 heavy (non-hydrogen) atoms. The smallest absolute Gasteiger partial charge is 0.256 e. The van der Waals surface area contributed by atoms with Crippen molar-refractivity contribution in [1.29, 1.82) is 0 Å². The number of aryl methyl sites for hydroxylation is 1. The number of rotatable bonds is 8. The van der Waals surface area contributed by atoms with Crippen molar-refractivity contribution in [1.82, 2.24) is 5.32 Å². The quantitative estimate of drug-likeness (QED) is 0.622. The number of hydrogen-bond donors (Lipinski definition) is 2. The van der Waals surface area contributed by atoms with Gasteiger partial charge in [-0.3, -0.25) is 9.59 Å². The predicted octanol–water partition coefficient (Wildman–Crippen LogP) is 3.82. The number of benzene rings is 1. The van der Waals surface area contributed by atoms with Crippen LogP contribution in [0.3, 0.4) is 0 Å². The molecule has 0 saturated heterocycles. The minimum absolute atomic E-state index is 0.200. The molecule has 8 heteroatoms. The molecule has 0 aliphatic heterocycles. The molecule has 0 atom stereocenters. The molecule has 1 heterocycles. The van der Waals surface area contributed by atoms with E-state index in [1.807, 2.05) is 0 Å². The van der Waals surface area contributed by atoms with Gasteiger partial charge >= 0.3 is 0 Å². The first-order valence-electron chi connectivity index (χ1n) is 9.69. The summed E-state index contributed by atoms with van der Waals surface area (Å²) in [6.07, 6.45) is 5.50. The van der Waals surface area contributed by atoms with E-state index in [4.69, 9.17) is 14.2 Å². The number of nitrogens with one attached hydrogen (secondary N) is 2. The summed E-state index contributed by atoms with van der Waals surface area (Å²) in [6, 6.07) is 3.17. The highest BCUT2D eigenvalue weighted by molar-refractivity contribution is 7.17. The number of ether oxygens (including phenoxy) is 3. The third kappa shape index (κ3) is 4.28. The number of thiophene rings is 1. The van der Waals surface area contributed by atoms with Gasteiger partial charge in [0.2, 0.25) is 5.75 Å². The number of carbonyl (C=O) groups is 2. The lowest BCUT2D eigenvalue weighted by Gasteiger charge is -2.14. The maximum Gasteiger partial charge on any atom is 0.256 e. The Kier molecular flexibility index (Phi) is 6.99. The van der Waals surface area contributed by atoms with E-state index in [0.717, 1.165) is 36.1 Å². The number of hydrogen-bond acceptors (Lipinski definition) is 6. The fourth-order valence-corrected chi connectivity index (χ4v) is 4.82. The normalized spacial score (nSPS) is 12.5.